The molecule has 2 N–H and O–H groups in total. The topological polar surface area (TPSA) is 40.5 Å². The van der Waals surface area contributed by atoms with E-state index in [0.29, 0.717) is 11.8 Å². The SMILES string of the molecule is CC(C=CC=C(C)C=CC1=C(C)C[C@@H](O)CC1(C)C)=CC=CC=C(C)C=CC=C(C)C=CC1C(C)C[C@@H](O)CC1(C)C. The summed E-state index contributed by atoms with van der Waals surface area (Å²) in [4.78, 5) is 0. The van der Waals surface area contributed by atoms with Gasteiger partial charge in [-0.3, -0.25) is 0 Å². The van der Waals surface area contributed by atoms with Crippen LogP contribution < -0.4 is 0 Å². The Labute approximate surface area is 258 Å². The van der Waals surface area contributed by atoms with Crippen LogP contribution in [0.5, 0.6) is 0 Å². The van der Waals surface area contributed by atoms with Gasteiger partial charge >= 0.3 is 0 Å². The average molecular weight is 571 g/mol. The molecular weight excluding hydrogens is 512 g/mol. The maximum Gasteiger partial charge on any atom is 0.0585 e. The van der Waals surface area contributed by atoms with Crippen molar-refractivity contribution in [3.8, 4) is 0 Å². The Bertz CT molecular complexity index is 1220. The number of aliphatic hydroxyl groups is 2. The van der Waals surface area contributed by atoms with Crippen LogP contribution in [0.2, 0.25) is 0 Å². The summed E-state index contributed by atoms with van der Waals surface area (Å²) in [6, 6.07) is 0. The van der Waals surface area contributed by atoms with Crippen LogP contribution in [0.15, 0.2) is 119 Å². The van der Waals surface area contributed by atoms with Crippen LogP contribution in [-0.2, 0) is 0 Å². The molecule has 0 aliphatic heterocycles. The predicted molar refractivity (Wildman–Crippen MR) is 184 cm³/mol. The molecule has 2 aliphatic rings. The van der Waals surface area contributed by atoms with Gasteiger partial charge in [-0.2, -0.15) is 0 Å². The van der Waals surface area contributed by atoms with Crippen molar-refractivity contribution in [1.29, 1.82) is 0 Å². The van der Waals surface area contributed by atoms with Gasteiger partial charge < -0.3 is 10.2 Å². The minimum atomic E-state index is -0.225. The molecule has 230 valence electrons. The van der Waals surface area contributed by atoms with Crippen LogP contribution in [0.4, 0.5) is 0 Å². The number of hydrogen-bond donors (Lipinski definition) is 2. The Kier molecular flexibility index (Phi) is 13.7. The molecule has 2 unspecified atom stereocenters. The van der Waals surface area contributed by atoms with E-state index in [2.05, 4.69) is 154 Å². The van der Waals surface area contributed by atoms with Crippen LogP contribution in [-0.4, -0.2) is 22.4 Å². The molecule has 2 aliphatic carbocycles. The summed E-state index contributed by atoms with van der Waals surface area (Å²) in [5.74, 6) is 0.982. The van der Waals surface area contributed by atoms with Crippen LogP contribution in [0.3, 0.4) is 0 Å². The van der Waals surface area contributed by atoms with Crippen LogP contribution in [0, 0.1) is 22.7 Å². The number of rotatable bonds is 10. The number of hydrogen-bond acceptors (Lipinski definition) is 2. The van der Waals surface area contributed by atoms with E-state index >= 15 is 0 Å². The third kappa shape index (κ3) is 11.9. The van der Waals surface area contributed by atoms with Crippen LogP contribution >= 0.6 is 0 Å². The van der Waals surface area contributed by atoms with E-state index in [0.717, 1.165) is 25.7 Å². The standard InChI is InChI=1S/C40H58O2/c1-29(17-13-19-31(3)21-23-37-33(5)25-35(41)27-39(37,7)8)15-11-12-16-30(2)18-14-20-32(4)22-24-38-34(6)26-36(42)28-40(38,9)10/h11-24,33,35-37,41-42H,25-28H2,1-10H3/t33?,35-,36-,37?/m1/s1. The molecule has 0 bridgehead atoms. The zero-order chi connectivity index (χ0) is 31.5. The summed E-state index contributed by atoms with van der Waals surface area (Å²) >= 11 is 0. The van der Waals surface area contributed by atoms with Crippen molar-refractivity contribution >= 4 is 0 Å². The van der Waals surface area contributed by atoms with Gasteiger partial charge in [0.05, 0.1) is 12.2 Å². The molecule has 4 atom stereocenters. The zero-order valence-corrected chi connectivity index (χ0v) is 28.1. The summed E-state index contributed by atoms with van der Waals surface area (Å²) in [7, 11) is 0. The van der Waals surface area contributed by atoms with Crippen molar-refractivity contribution in [2.45, 2.75) is 107 Å². The highest BCUT2D eigenvalue weighted by Crippen LogP contribution is 2.45. The molecule has 42 heavy (non-hydrogen) atoms. The van der Waals surface area contributed by atoms with Crippen molar-refractivity contribution in [1.82, 2.24) is 0 Å². The molecule has 1 saturated carbocycles. The lowest BCUT2D eigenvalue weighted by Gasteiger charge is -2.43. The van der Waals surface area contributed by atoms with Gasteiger partial charge in [0.25, 0.3) is 0 Å². The Morgan fingerprint density at radius 1 is 0.690 bits per heavy atom. The molecule has 0 radical (unpaired) electrons. The van der Waals surface area contributed by atoms with Gasteiger partial charge in [-0.05, 0) is 88.5 Å². The molecule has 0 heterocycles. The third-order valence-corrected chi connectivity index (χ3v) is 8.74. The fourth-order valence-corrected chi connectivity index (χ4v) is 6.61. The summed E-state index contributed by atoms with van der Waals surface area (Å²) in [5.41, 5.74) is 7.60. The highest BCUT2D eigenvalue weighted by atomic mass is 16.3. The lowest BCUT2D eigenvalue weighted by Crippen LogP contribution is -2.38. The molecule has 0 amide bonds. The molecule has 1 fully saturated rings. The molecule has 0 saturated heterocycles. The van der Waals surface area contributed by atoms with Gasteiger partial charge in [-0.25, -0.2) is 0 Å². The predicted octanol–water partition coefficient (Wildman–Crippen LogP) is 10.5. The first-order valence-electron chi connectivity index (χ1n) is 15.7. The summed E-state index contributed by atoms with van der Waals surface area (Å²) in [6.45, 7) is 21.9. The molecule has 2 rings (SSSR count). The lowest BCUT2D eigenvalue weighted by atomic mass is 9.63. The molecule has 2 nitrogen and oxygen atoms in total. The van der Waals surface area contributed by atoms with Crippen LogP contribution in [0.1, 0.15) is 94.9 Å². The van der Waals surface area contributed by atoms with Gasteiger partial charge in [0.1, 0.15) is 0 Å². The first kappa shape index (κ1) is 35.5. The van der Waals surface area contributed by atoms with Crippen molar-refractivity contribution in [3.05, 3.63) is 119 Å². The van der Waals surface area contributed by atoms with E-state index < -0.39 is 0 Å². The minimum Gasteiger partial charge on any atom is -0.393 e. The smallest absolute Gasteiger partial charge is 0.0585 e. The van der Waals surface area contributed by atoms with Crippen LogP contribution in [0.25, 0.3) is 0 Å². The average Bonchev–Trinajstić information content (AvgIpc) is 2.84. The Morgan fingerprint density at radius 2 is 1.19 bits per heavy atom. The largest absolute Gasteiger partial charge is 0.393 e. The van der Waals surface area contributed by atoms with Gasteiger partial charge in [0, 0.05) is 0 Å². The second-order valence-corrected chi connectivity index (χ2v) is 14.2. The van der Waals surface area contributed by atoms with Crippen molar-refractivity contribution < 1.29 is 10.2 Å². The van der Waals surface area contributed by atoms with Crippen molar-refractivity contribution in [2.24, 2.45) is 22.7 Å². The fourth-order valence-electron chi connectivity index (χ4n) is 6.61. The summed E-state index contributed by atoms with van der Waals surface area (Å²) in [6.07, 6.45) is 33.1. The second-order valence-electron chi connectivity index (χ2n) is 14.2. The molecular formula is C40H58O2. The van der Waals surface area contributed by atoms with E-state index in [9.17, 15) is 10.2 Å². The normalized spacial score (nSPS) is 28.5. The monoisotopic (exact) mass is 570 g/mol. The zero-order valence-electron chi connectivity index (χ0n) is 28.1. The van der Waals surface area contributed by atoms with Crippen molar-refractivity contribution in [3.63, 3.8) is 0 Å². The first-order valence-corrected chi connectivity index (χ1v) is 15.7. The Morgan fingerprint density at radius 3 is 1.71 bits per heavy atom. The van der Waals surface area contributed by atoms with Crippen molar-refractivity contribution in [2.75, 3.05) is 0 Å². The van der Waals surface area contributed by atoms with Gasteiger partial charge in [-0.1, -0.05) is 148 Å². The quantitative estimate of drug-likeness (QED) is 0.256. The van der Waals surface area contributed by atoms with Gasteiger partial charge in [0.15, 0.2) is 0 Å². The van der Waals surface area contributed by atoms with E-state index in [1.54, 1.807) is 0 Å². The fraction of sp³-hybridized carbons (Fsp3) is 0.500. The summed E-state index contributed by atoms with van der Waals surface area (Å²) in [5, 5.41) is 20.2. The molecule has 0 aromatic carbocycles. The van der Waals surface area contributed by atoms with E-state index in [-0.39, 0.29) is 23.0 Å². The van der Waals surface area contributed by atoms with E-state index in [4.69, 9.17) is 0 Å². The van der Waals surface area contributed by atoms with Gasteiger partial charge in [-0.15, -0.1) is 0 Å². The second kappa shape index (κ2) is 16.2. The molecule has 0 aromatic heterocycles. The maximum absolute atomic E-state index is 10.1. The third-order valence-electron chi connectivity index (χ3n) is 8.74. The maximum atomic E-state index is 10.1. The highest BCUT2D eigenvalue weighted by molar-refractivity contribution is 5.38. The van der Waals surface area contributed by atoms with Gasteiger partial charge in [0.2, 0.25) is 0 Å². The molecule has 2 heteroatoms. The molecule has 0 aromatic rings. The minimum absolute atomic E-state index is 0.00691. The number of allylic oxidation sites excluding steroid dienone is 19. The Hall–Kier alpha value is -2.68. The lowest BCUT2D eigenvalue weighted by molar-refractivity contribution is 0.00771. The summed E-state index contributed by atoms with van der Waals surface area (Å²) < 4.78 is 0. The van der Waals surface area contributed by atoms with E-state index in [1.165, 1.54) is 33.4 Å². The molecule has 0 spiro atoms. The highest BCUT2D eigenvalue weighted by Gasteiger charge is 2.39. The Balaban J connectivity index is 1.88. The van der Waals surface area contributed by atoms with E-state index in [1.807, 2.05) is 0 Å². The number of aliphatic hydroxyl groups excluding tert-OH is 2. The first-order chi connectivity index (χ1) is 19.6.